The van der Waals surface area contributed by atoms with Crippen LogP contribution in [0.5, 0.6) is 0 Å². The third-order valence-electron chi connectivity index (χ3n) is 10.1. The quantitative estimate of drug-likeness (QED) is 0.0742. The number of alkyl halides is 4. The molecule has 310 valence electrons. The molecule has 0 spiro atoms. The molecule has 57 heavy (non-hydrogen) atoms. The lowest BCUT2D eigenvalue weighted by Crippen LogP contribution is -2.68. The fourth-order valence-corrected chi connectivity index (χ4v) is 14.9. The van der Waals surface area contributed by atoms with Crippen molar-refractivity contribution in [2.75, 3.05) is 44.7 Å². The van der Waals surface area contributed by atoms with Gasteiger partial charge in [0.2, 0.25) is 10.0 Å². The Bertz CT molecular complexity index is 2100. The van der Waals surface area contributed by atoms with Gasteiger partial charge in [0.15, 0.2) is 0 Å². The van der Waals surface area contributed by atoms with Crippen molar-refractivity contribution in [1.82, 2.24) is 9.80 Å². The lowest BCUT2D eigenvalue weighted by molar-refractivity contribution is -0.0435. The largest absolute Gasteiger partial charge is 0.501 e. The summed E-state index contributed by atoms with van der Waals surface area (Å²) < 4.78 is 113. The Balaban J connectivity index is 1.34. The van der Waals surface area contributed by atoms with E-state index in [1.807, 2.05) is 66.7 Å². The molecule has 1 aliphatic rings. The highest BCUT2D eigenvalue weighted by molar-refractivity contribution is 7.99. The van der Waals surface area contributed by atoms with E-state index in [1.54, 1.807) is 18.7 Å². The molecule has 0 amide bonds. The van der Waals surface area contributed by atoms with Crippen LogP contribution < -0.4 is 20.8 Å². The van der Waals surface area contributed by atoms with Crippen LogP contribution in [-0.2, 0) is 24.3 Å². The molecule has 3 N–H and O–H groups in total. The van der Waals surface area contributed by atoms with Gasteiger partial charge in [-0.1, -0.05) is 99.6 Å². The van der Waals surface area contributed by atoms with Crippen molar-refractivity contribution in [2.24, 2.45) is 5.14 Å². The standard InChI is InChI=1S/C40H50F4N4O5S3Si/c1-30(46-36-21-20-33(56(45,51)52)27-37(36)55(49,50)40(42,43)44)26-38(54-32-14-8-5-9-15-32)48-24-22-47(23-25-48)29-31(28-41)53-57(39(2,3)4,34-16-10-6-11-17-34)35-18-12-7-13-19-35/h5-21,27,30-31,38,46H,22-26,28-29H2,1-4H3,(H2,45,51,52)/t30?,31-,38+/m0/s1. The van der Waals surface area contributed by atoms with Gasteiger partial charge in [0.1, 0.15) is 11.6 Å². The number of piperazine rings is 1. The van der Waals surface area contributed by atoms with Crippen LogP contribution >= 0.6 is 11.8 Å². The summed E-state index contributed by atoms with van der Waals surface area (Å²) in [5, 5.41) is 9.65. The number of thioether (sulfide) groups is 1. The molecule has 1 heterocycles. The molecule has 0 aliphatic carbocycles. The minimum Gasteiger partial charge on any atom is -0.400 e. The summed E-state index contributed by atoms with van der Waals surface area (Å²) >= 11 is 1.57. The fourth-order valence-electron chi connectivity index (χ4n) is 7.28. The molecule has 0 aromatic heterocycles. The van der Waals surface area contributed by atoms with Crippen molar-refractivity contribution in [2.45, 2.75) is 76.9 Å². The van der Waals surface area contributed by atoms with Gasteiger partial charge in [-0.05, 0) is 59.1 Å². The van der Waals surface area contributed by atoms with Crippen LogP contribution in [0.1, 0.15) is 34.1 Å². The molecule has 3 atom stereocenters. The monoisotopic (exact) mass is 866 g/mol. The van der Waals surface area contributed by atoms with Gasteiger partial charge in [-0.15, -0.1) is 11.8 Å². The van der Waals surface area contributed by atoms with Gasteiger partial charge in [-0.2, -0.15) is 13.2 Å². The van der Waals surface area contributed by atoms with Crippen LogP contribution in [0.15, 0.2) is 124 Å². The molecule has 1 unspecified atom stereocenters. The Morgan fingerprint density at radius 3 is 1.82 bits per heavy atom. The maximum absolute atomic E-state index is 15.1. The van der Waals surface area contributed by atoms with Crippen LogP contribution in [0.25, 0.3) is 0 Å². The molecule has 4 aromatic rings. The summed E-state index contributed by atoms with van der Waals surface area (Å²) in [7, 11) is -13.4. The van der Waals surface area contributed by atoms with E-state index in [0.29, 0.717) is 45.2 Å². The van der Waals surface area contributed by atoms with Gasteiger partial charge in [0.05, 0.1) is 22.1 Å². The van der Waals surface area contributed by atoms with E-state index in [2.05, 4.69) is 60.2 Å². The first-order valence-electron chi connectivity index (χ1n) is 18.5. The first-order valence-corrected chi connectivity index (χ1v) is 24.4. The number of halogens is 4. The van der Waals surface area contributed by atoms with Gasteiger partial charge < -0.3 is 9.74 Å². The van der Waals surface area contributed by atoms with Crippen molar-refractivity contribution in [3.05, 3.63) is 109 Å². The molecule has 0 radical (unpaired) electrons. The van der Waals surface area contributed by atoms with Gasteiger partial charge in [0.25, 0.3) is 18.2 Å². The van der Waals surface area contributed by atoms with Gasteiger partial charge in [0, 0.05) is 43.7 Å². The minimum atomic E-state index is -5.94. The average molecular weight is 867 g/mol. The van der Waals surface area contributed by atoms with Crippen molar-refractivity contribution < 1.29 is 38.8 Å². The molecular weight excluding hydrogens is 817 g/mol. The van der Waals surface area contributed by atoms with E-state index in [4.69, 9.17) is 9.56 Å². The Kier molecular flexibility index (Phi) is 14.4. The molecule has 0 bridgehead atoms. The number of anilines is 1. The average Bonchev–Trinajstić information content (AvgIpc) is 3.16. The zero-order valence-corrected chi connectivity index (χ0v) is 35.8. The van der Waals surface area contributed by atoms with Gasteiger partial charge in [-0.25, -0.2) is 26.4 Å². The third kappa shape index (κ3) is 10.7. The van der Waals surface area contributed by atoms with Crippen molar-refractivity contribution in [3.8, 4) is 0 Å². The van der Waals surface area contributed by atoms with Gasteiger partial charge in [-0.3, -0.25) is 9.80 Å². The minimum absolute atomic E-state index is 0.200. The second-order valence-corrected chi connectivity index (χ2v) is 24.2. The molecule has 1 fully saturated rings. The summed E-state index contributed by atoms with van der Waals surface area (Å²) in [6.07, 6.45) is -0.323. The second kappa shape index (κ2) is 18.3. The number of sulfone groups is 1. The third-order valence-corrected chi connectivity index (χ3v) is 18.9. The van der Waals surface area contributed by atoms with Crippen molar-refractivity contribution >= 4 is 56.0 Å². The number of hydrogen-bond donors (Lipinski definition) is 2. The van der Waals surface area contributed by atoms with E-state index < -0.39 is 68.0 Å². The van der Waals surface area contributed by atoms with E-state index in [9.17, 15) is 30.0 Å². The summed E-state index contributed by atoms with van der Waals surface area (Å²) in [5.74, 6) is 0. The number of primary sulfonamides is 1. The predicted molar refractivity (Wildman–Crippen MR) is 221 cm³/mol. The molecule has 17 heteroatoms. The number of hydrogen-bond acceptors (Lipinski definition) is 9. The highest BCUT2D eigenvalue weighted by Crippen LogP contribution is 2.39. The van der Waals surface area contributed by atoms with E-state index >= 15 is 4.39 Å². The van der Waals surface area contributed by atoms with Crippen LogP contribution in [0.3, 0.4) is 0 Å². The smallest absolute Gasteiger partial charge is 0.400 e. The molecular formula is C40H50F4N4O5S3Si. The lowest BCUT2D eigenvalue weighted by atomic mass is 10.2. The first-order chi connectivity index (χ1) is 26.8. The van der Waals surface area contributed by atoms with Crippen LogP contribution in [-0.4, -0.2) is 97.4 Å². The summed E-state index contributed by atoms with van der Waals surface area (Å²) in [4.78, 5) is 3.44. The number of nitrogens with two attached hydrogens (primary N) is 1. The van der Waals surface area contributed by atoms with E-state index in [-0.39, 0.29) is 10.4 Å². The van der Waals surface area contributed by atoms with Crippen LogP contribution in [0, 0.1) is 0 Å². The number of rotatable bonds is 16. The molecule has 9 nitrogen and oxygen atoms in total. The highest BCUT2D eigenvalue weighted by atomic mass is 32.2. The number of nitrogens with zero attached hydrogens (tertiary/aromatic N) is 2. The van der Waals surface area contributed by atoms with E-state index in [0.717, 1.165) is 27.4 Å². The number of sulfonamides is 1. The summed E-state index contributed by atoms with van der Waals surface area (Å²) in [5.41, 5.74) is -6.07. The molecule has 0 saturated carbocycles. The van der Waals surface area contributed by atoms with Crippen LogP contribution in [0.4, 0.5) is 23.2 Å². The normalized spacial score (nSPS) is 16.9. The Morgan fingerprint density at radius 2 is 1.35 bits per heavy atom. The summed E-state index contributed by atoms with van der Waals surface area (Å²) in [6, 6.07) is 31.7. The number of benzene rings is 4. The lowest BCUT2D eigenvalue weighted by Gasteiger charge is -2.46. The van der Waals surface area contributed by atoms with Crippen LogP contribution in [0.2, 0.25) is 5.04 Å². The predicted octanol–water partition coefficient (Wildman–Crippen LogP) is 6.47. The maximum Gasteiger partial charge on any atom is 0.501 e. The fraction of sp³-hybridized carbons (Fsp3) is 0.400. The Labute approximate surface area is 339 Å². The Hall–Kier alpha value is -3.29. The first kappa shape index (κ1) is 44.8. The Morgan fingerprint density at radius 1 is 0.825 bits per heavy atom. The van der Waals surface area contributed by atoms with Gasteiger partial charge >= 0.3 is 5.51 Å². The molecule has 1 saturated heterocycles. The summed E-state index contributed by atoms with van der Waals surface area (Å²) in [6.45, 7) is 10.3. The topological polar surface area (TPSA) is 122 Å². The van der Waals surface area contributed by atoms with Crippen molar-refractivity contribution in [1.29, 1.82) is 0 Å². The zero-order valence-electron chi connectivity index (χ0n) is 32.3. The second-order valence-electron chi connectivity index (χ2n) is 15.2. The molecule has 4 aromatic carbocycles. The SMILES string of the molecule is CC(C[C@@H](Sc1ccccc1)N1CCN(C[C@H](CF)O[Si](c2ccccc2)(c2ccccc2)C(C)(C)C)CC1)Nc1ccc(S(N)(=O)=O)cc1S(=O)(=O)C(F)(F)F. The highest BCUT2D eigenvalue weighted by Gasteiger charge is 2.52. The van der Waals surface area contributed by atoms with Crippen molar-refractivity contribution in [3.63, 3.8) is 0 Å². The molecule has 1 aliphatic heterocycles. The zero-order chi connectivity index (χ0) is 41.6. The maximum atomic E-state index is 15.1. The van der Waals surface area contributed by atoms with E-state index in [1.165, 1.54) is 0 Å². The number of nitrogens with one attached hydrogen (secondary N) is 1. The molecule has 5 rings (SSSR count).